The van der Waals surface area contributed by atoms with Crippen LogP contribution < -0.4 is 9.47 Å². The van der Waals surface area contributed by atoms with Crippen LogP contribution in [0.1, 0.15) is 49.4 Å². The number of hydrogen-bond acceptors (Lipinski definition) is 4. The van der Waals surface area contributed by atoms with E-state index >= 15 is 0 Å². The predicted octanol–water partition coefficient (Wildman–Crippen LogP) is 5.21. The summed E-state index contributed by atoms with van der Waals surface area (Å²) in [6, 6.07) is 13.1. The minimum Gasteiger partial charge on any atom is -0.491 e. The molecule has 2 fully saturated rings. The van der Waals surface area contributed by atoms with Gasteiger partial charge in [0.2, 0.25) is 6.29 Å². The first-order valence-corrected chi connectivity index (χ1v) is 10.9. The average molecular weight is 409 g/mol. The fourth-order valence-corrected chi connectivity index (χ4v) is 3.75. The van der Waals surface area contributed by atoms with E-state index in [1.165, 1.54) is 16.7 Å². The van der Waals surface area contributed by atoms with Gasteiger partial charge < -0.3 is 18.9 Å². The number of epoxide rings is 1. The van der Waals surface area contributed by atoms with Gasteiger partial charge in [-0.2, -0.15) is 0 Å². The van der Waals surface area contributed by atoms with E-state index in [0.717, 1.165) is 49.5 Å². The Labute approximate surface area is 179 Å². The first kappa shape index (κ1) is 21.0. The Bertz CT molecular complexity index is 894. The Morgan fingerprint density at radius 1 is 1.07 bits per heavy atom. The Balaban J connectivity index is 1.59. The summed E-state index contributed by atoms with van der Waals surface area (Å²) < 4.78 is 22.7. The molecular weight excluding hydrogens is 376 g/mol. The van der Waals surface area contributed by atoms with E-state index in [-0.39, 0.29) is 17.8 Å². The average Bonchev–Trinajstić information content (AvgIpc) is 3.54. The zero-order valence-electron chi connectivity index (χ0n) is 18.3. The summed E-state index contributed by atoms with van der Waals surface area (Å²) in [4.78, 5) is 0. The van der Waals surface area contributed by atoms with Crippen LogP contribution in [0.15, 0.2) is 49.1 Å². The van der Waals surface area contributed by atoms with Gasteiger partial charge in [-0.05, 0) is 47.2 Å². The smallest absolute Gasteiger partial charge is 0.202 e. The molecule has 2 aliphatic heterocycles. The van der Waals surface area contributed by atoms with Gasteiger partial charge in [0, 0.05) is 11.8 Å². The Kier molecular flexibility index (Phi) is 6.16. The number of hydrogen-bond donors (Lipinski definition) is 0. The number of allylic oxidation sites excluding steroid dienone is 1. The molecule has 4 nitrogen and oxygen atoms in total. The van der Waals surface area contributed by atoms with Gasteiger partial charge in [0.15, 0.2) is 0 Å². The molecule has 160 valence electrons. The third-order valence-electron chi connectivity index (χ3n) is 6.05. The molecule has 0 aromatic heterocycles. The molecule has 4 heteroatoms. The molecule has 0 spiro atoms. The minimum atomic E-state index is -0.149. The van der Waals surface area contributed by atoms with E-state index in [1.54, 1.807) is 0 Å². The highest BCUT2D eigenvalue weighted by atomic mass is 16.7. The molecule has 30 heavy (non-hydrogen) atoms. The molecule has 2 unspecified atom stereocenters. The molecule has 2 aliphatic rings. The molecule has 0 aliphatic carbocycles. The Morgan fingerprint density at radius 2 is 1.73 bits per heavy atom. The first-order valence-electron chi connectivity index (χ1n) is 10.9. The lowest BCUT2D eigenvalue weighted by Gasteiger charge is -2.30. The van der Waals surface area contributed by atoms with Crippen LogP contribution in [0.3, 0.4) is 0 Å². The molecule has 2 heterocycles. The third kappa shape index (κ3) is 4.55. The molecule has 2 aromatic carbocycles. The van der Waals surface area contributed by atoms with Crippen LogP contribution in [0.25, 0.3) is 0 Å². The van der Waals surface area contributed by atoms with E-state index in [0.29, 0.717) is 6.61 Å². The van der Waals surface area contributed by atoms with Crippen molar-refractivity contribution in [3.05, 3.63) is 71.3 Å². The molecule has 0 amide bonds. The van der Waals surface area contributed by atoms with Crippen molar-refractivity contribution in [3.8, 4) is 11.5 Å². The van der Waals surface area contributed by atoms with Gasteiger partial charge in [0.05, 0.1) is 13.2 Å². The van der Waals surface area contributed by atoms with Gasteiger partial charge in [-0.1, -0.05) is 51.1 Å². The summed E-state index contributed by atoms with van der Waals surface area (Å²) in [5, 5.41) is 0. The van der Waals surface area contributed by atoms with E-state index in [1.807, 2.05) is 6.08 Å². The topological polar surface area (TPSA) is 40.2 Å². The summed E-state index contributed by atoms with van der Waals surface area (Å²) >= 11 is 0. The normalized spacial score (nSPS) is 20.4. The van der Waals surface area contributed by atoms with Crippen molar-refractivity contribution in [2.45, 2.75) is 57.8 Å². The number of rotatable bonds is 10. The zero-order chi connectivity index (χ0) is 21.1. The monoisotopic (exact) mass is 408 g/mol. The maximum absolute atomic E-state index is 6.01. The van der Waals surface area contributed by atoms with Gasteiger partial charge in [-0.15, -0.1) is 6.58 Å². The van der Waals surface area contributed by atoms with Crippen LogP contribution in [-0.2, 0) is 27.7 Å². The van der Waals surface area contributed by atoms with Gasteiger partial charge >= 0.3 is 0 Å². The van der Waals surface area contributed by atoms with Crippen LogP contribution in [0.2, 0.25) is 0 Å². The number of benzene rings is 2. The highest BCUT2D eigenvalue weighted by Gasteiger charge is 2.27. The lowest BCUT2D eigenvalue weighted by atomic mass is 9.77. The maximum Gasteiger partial charge on any atom is 0.202 e. The SMILES string of the molecule is C=CCc1cc(C(C)(C)c2ccc(OCC3CO3)c(CC)c2)ccc1OC1CCO1. The van der Waals surface area contributed by atoms with Crippen molar-refractivity contribution in [2.24, 2.45) is 0 Å². The second-order valence-electron chi connectivity index (χ2n) is 8.59. The van der Waals surface area contributed by atoms with Crippen LogP contribution in [0, 0.1) is 0 Å². The number of ether oxygens (including phenoxy) is 4. The van der Waals surface area contributed by atoms with E-state index in [9.17, 15) is 0 Å². The predicted molar refractivity (Wildman–Crippen MR) is 119 cm³/mol. The fraction of sp³-hybridized carbons (Fsp3) is 0.462. The van der Waals surface area contributed by atoms with Gasteiger partial charge in [-0.25, -0.2) is 0 Å². The lowest BCUT2D eigenvalue weighted by Crippen LogP contribution is -2.32. The molecule has 0 N–H and O–H groups in total. The first-order chi connectivity index (χ1) is 14.5. The summed E-state index contributed by atoms with van der Waals surface area (Å²) in [7, 11) is 0. The van der Waals surface area contributed by atoms with Gasteiger partial charge in [0.1, 0.15) is 24.2 Å². The second kappa shape index (κ2) is 8.83. The lowest BCUT2D eigenvalue weighted by molar-refractivity contribution is -0.165. The Hall–Kier alpha value is -2.30. The van der Waals surface area contributed by atoms with Crippen molar-refractivity contribution < 1.29 is 18.9 Å². The molecule has 0 bridgehead atoms. The standard InChI is InChI=1S/C26H32O4/c1-5-7-19-15-21(9-11-24(19)30-25-12-13-27-25)26(3,4)20-8-10-23(18(6-2)14-20)29-17-22-16-28-22/h5,8-11,14-15,22,25H,1,6-7,12-13,16-17H2,2-4H3. The second-order valence-corrected chi connectivity index (χ2v) is 8.59. The summed E-state index contributed by atoms with van der Waals surface area (Å²) in [6.07, 6.45) is 4.71. The van der Waals surface area contributed by atoms with Crippen LogP contribution in [0.4, 0.5) is 0 Å². The molecule has 2 saturated heterocycles. The zero-order valence-corrected chi connectivity index (χ0v) is 18.3. The van der Waals surface area contributed by atoms with Crippen molar-refractivity contribution >= 4 is 0 Å². The Morgan fingerprint density at radius 3 is 2.30 bits per heavy atom. The van der Waals surface area contributed by atoms with Crippen LogP contribution in [-0.4, -0.2) is 32.2 Å². The number of aryl methyl sites for hydroxylation is 1. The van der Waals surface area contributed by atoms with Crippen molar-refractivity contribution in [2.75, 3.05) is 19.8 Å². The molecule has 0 saturated carbocycles. The van der Waals surface area contributed by atoms with E-state index in [4.69, 9.17) is 18.9 Å². The van der Waals surface area contributed by atoms with Crippen molar-refractivity contribution in [1.29, 1.82) is 0 Å². The highest BCUT2D eigenvalue weighted by molar-refractivity contribution is 5.48. The molecule has 2 aromatic rings. The summed E-state index contributed by atoms with van der Waals surface area (Å²) in [5.74, 6) is 1.85. The minimum absolute atomic E-state index is 0.117. The molecular formula is C26H32O4. The van der Waals surface area contributed by atoms with Crippen molar-refractivity contribution in [1.82, 2.24) is 0 Å². The van der Waals surface area contributed by atoms with Crippen molar-refractivity contribution in [3.63, 3.8) is 0 Å². The van der Waals surface area contributed by atoms with E-state index < -0.39 is 0 Å². The molecule has 2 atom stereocenters. The summed E-state index contributed by atoms with van der Waals surface area (Å²) in [5.41, 5.74) is 4.75. The van der Waals surface area contributed by atoms with E-state index in [2.05, 4.69) is 63.7 Å². The fourth-order valence-electron chi connectivity index (χ4n) is 3.75. The maximum atomic E-state index is 6.01. The van der Waals surface area contributed by atoms with Gasteiger partial charge in [-0.3, -0.25) is 0 Å². The molecule has 4 rings (SSSR count). The van der Waals surface area contributed by atoms with Crippen LogP contribution >= 0.6 is 0 Å². The highest BCUT2D eigenvalue weighted by Crippen LogP contribution is 2.37. The molecule has 0 radical (unpaired) electrons. The summed E-state index contributed by atoms with van der Waals surface area (Å²) in [6.45, 7) is 12.8. The quantitative estimate of drug-likeness (QED) is 0.400. The largest absolute Gasteiger partial charge is 0.491 e. The van der Waals surface area contributed by atoms with Crippen LogP contribution in [0.5, 0.6) is 11.5 Å². The third-order valence-corrected chi connectivity index (χ3v) is 6.05. The van der Waals surface area contributed by atoms with Gasteiger partial charge in [0.25, 0.3) is 0 Å².